The van der Waals surface area contributed by atoms with Crippen LogP contribution < -0.4 is 0 Å². The summed E-state index contributed by atoms with van der Waals surface area (Å²) in [4.78, 5) is 10.8. The minimum absolute atomic E-state index is 0.639. The predicted octanol–water partition coefficient (Wildman–Crippen LogP) is 13.3. The Bertz CT molecular complexity index is 3630. The van der Waals surface area contributed by atoms with E-state index in [4.69, 9.17) is 14.4 Å². The molecule has 3 heterocycles. The molecule has 0 aliphatic heterocycles. The van der Waals surface area contributed by atoms with Crippen molar-refractivity contribution in [2.75, 3.05) is 0 Å². The number of para-hydroxylation sites is 2. The first-order valence-electron chi connectivity index (χ1n) is 18.9. The number of fused-ring (bicyclic) bond motifs is 20. The lowest BCUT2D eigenvalue weighted by Crippen LogP contribution is -2.04. The summed E-state index contributed by atoms with van der Waals surface area (Å²) >= 11 is 0. The lowest BCUT2D eigenvalue weighted by atomic mass is 9.85. The molecule has 0 amide bonds. The molecule has 0 bridgehead atoms. The van der Waals surface area contributed by atoms with Gasteiger partial charge in [0.1, 0.15) is 16.8 Å². The van der Waals surface area contributed by atoms with Crippen molar-refractivity contribution in [2.45, 2.75) is 6.42 Å². The highest BCUT2D eigenvalue weighted by Gasteiger charge is 2.31. The van der Waals surface area contributed by atoms with Crippen LogP contribution in [0.4, 0.5) is 0 Å². The molecule has 0 saturated heterocycles. The van der Waals surface area contributed by atoms with E-state index in [2.05, 4.69) is 144 Å². The van der Waals surface area contributed by atoms with E-state index in [1.807, 2.05) is 24.3 Å². The van der Waals surface area contributed by atoms with E-state index in [9.17, 15) is 0 Å². The fraction of sp³-hybridized carbons (Fsp3) is 0.0196. The molecule has 0 spiro atoms. The van der Waals surface area contributed by atoms with E-state index in [0.29, 0.717) is 11.5 Å². The molecular weight excluding hydrogens is 671 g/mol. The van der Waals surface area contributed by atoms with Gasteiger partial charge in [0.25, 0.3) is 0 Å². The second-order valence-corrected chi connectivity index (χ2v) is 14.8. The van der Waals surface area contributed by atoms with Gasteiger partial charge in [-0.3, -0.25) is 4.57 Å². The predicted molar refractivity (Wildman–Crippen MR) is 227 cm³/mol. The van der Waals surface area contributed by atoms with E-state index in [0.717, 1.165) is 45.2 Å². The summed E-state index contributed by atoms with van der Waals surface area (Å²) in [5, 5.41) is 13.8. The van der Waals surface area contributed by atoms with Crippen LogP contribution in [-0.4, -0.2) is 14.5 Å². The number of hydrogen-bond donors (Lipinski definition) is 0. The second kappa shape index (κ2) is 10.6. The van der Waals surface area contributed by atoms with Crippen LogP contribution >= 0.6 is 0 Å². The Balaban J connectivity index is 1.19. The van der Waals surface area contributed by atoms with Gasteiger partial charge in [-0.25, -0.2) is 9.97 Å². The Morgan fingerprint density at radius 2 is 1.05 bits per heavy atom. The van der Waals surface area contributed by atoms with Gasteiger partial charge >= 0.3 is 0 Å². The van der Waals surface area contributed by atoms with E-state index < -0.39 is 0 Å². The summed E-state index contributed by atoms with van der Waals surface area (Å²) in [6.07, 6.45) is 0.796. The molecule has 4 heteroatoms. The maximum Gasteiger partial charge on any atom is 0.236 e. The summed E-state index contributed by atoms with van der Waals surface area (Å²) in [6, 6.07) is 58.8. The number of hydrogen-bond acceptors (Lipinski definition) is 3. The topological polar surface area (TPSA) is 43.9 Å². The van der Waals surface area contributed by atoms with Crippen molar-refractivity contribution in [1.82, 2.24) is 14.5 Å². The number of benzene rings is 9. The first-order valence-corrected chi connectivity index (χ1v) is 18.9. The fourth-order valence-corrected chi connectivity index (χ4v) is 9.82. The lowest BCUT2D eigenvalue weighted by molar-refractivity contribution is 0.666. The normalized spacial score (nSPS) is 12.7. The van der Waals surface area contributed by atoms with Crippen LogP contribution in [0.15, 0.2) is 168 Å². The summed E-state index contributed by atoms with van der Waals surface area (Å²) in [6.45, 7) is 0. The Labute approximate surface area is 314 Å². The van der Waals surface area contributed by atoms with Gasteiger partial charge in [-0.2, -0.15) is 0 Å². The monoisotopic (exact) mass is 699 g/mol. The minimum Gasteiger partial charge on any atom is -0.452 e. The minimum atomic E-state index is 0.639. The highest BCUT2D eigenvalue weighted by molar-refractivity contribution is 6.35. The van der Waals surface area contributed by atoms with Crippen molar-refractivity contribution in [3.8, 4) is 28.3 Å². The zero-order valence-corrected chi connectivity index (χ0v) is 29.5. The number of furan rings is 1. The Kier molecular flexibility index (Phi) is 5.65. The molecule has 254 valence electrons. The van der Waals surface area contributed by atoms with E-state index in [1.54, 1.807) is 0 Å². The molecule has 0 unspecified atom stereocenters. The molecule has 13 rings (SSSR count). The highest BCUT2D eigenvalue weighted by Crippen LogP contribution is 2.52. The molecule has 12 aromatic rings. The number of rotatable bonds is 2. The third-order valence-corrected chi connectivity index (χ3v) is 12.0. The molecule has 0 N–H and O–H groups in total. The quantitative estimate of drug-likeness (QED) is 0.169. The standard InChI is InChI=1S/C51H29N3O/c1-2-14-29(15-3-1)47-50-48(39-23-11-13-25-43(39)55-50)53-51(52-47)54-42-24-12-10-18-32(42)38-27-26-37-40(49(38)54)28-41-44(37)35-21-8-9-22-36(35)45-33-19-6-4-16-30(33)31-17-5-7-20-34(31)46(41)45/h1-27H,28H2. The van der Waals surface area contributed by atoms with E-state index >= 15 is 0 Å². The average Bonchev–Trinajstić information content (AvgIpc) is 3.93. The molecule has 0 saturated carbocycles. The smallest absolute Gasteiger partial charge is 0.236 e. The first-order chi connectivity index (χ1) is 27.3. The highest BCUT2D eigenvalue weighted by atomic mass is 16.3. The molecule has 0 atom stereocenters. The van der Waals surface area contributed by atoms with Gasteiger partial charge in [0.05, 0.1) is 11.0 Å². The largest absolute Gasteiger partial charge is 0.452 e. The molecule has 0 radical (unpaired) electrons. The molecule has 0 fully saturated rings. The van der Waals surface area contributed by atoms with Gasteiger partial charge in [0.15, 0.2) is 5.58 Å². The van der Waals surface area contributed by atoms with Crippen LogP contribution in [0.25, 0.3) is 115 Å². The van der Waals surface area contributed by atoms with Gasteiger partial charge < -0.3 is 4.42 Å². The first kappa shape index (κ1) is 29.2. The van der Waals surface area contributed by atoms with Crippen LogP contribution in [-0.2, 0) is 6.42 Å². The van der Waals surface area contributed by atoms with Crippen LogP contribution in [0.1, 0.15) is 11.1 Å². The molecule has 1 aliphatic rings. The zero-order valence-electron chi connectivity index (χ0n) is 29.5. The summed E-state index contributed by atoms with van der Waals surface area (Å²) in [5.74, 6) is 0.639. The van der Waals surface area contributed by atoms with E-state index in [-0.39, 0.29) is 0 Å². The summed E-state index contributed by atoms with van der Waals surface area (Å²) in [7, 11) is 0. The fourth-order valence-electron chi connectivity index (χ4n) is 9.82. The van der Waals surface area contributed by atoms with Crippen LogP contribution in [0, 0.1) is 0 Å². The number of aromatic nitrogens is 3. The summed E-state index contributed by atoms with van der Waals surface area (Å²) < 4.78 is 8.84. The molecule has 3 aromatic heterocycles. The zero-order chi connectivity index (χ0) is 35.8. The third kappa shape index (κ3) is 3.80. The van der Waals surface area contributed by atoms with Crippen molar-refractivity contribution < 1.29 is 4.42 Å². The molecule has 55 heavy (non-hydrogen) atoms. The lowest BCUT2D eigenvalue weighted by Gasteiger charge is -2.17. The summed E-state index contributed by atoms with van der Waals surface area (Å²) in [5.41, 5.74) is 11.6. The van der Waals surface area contributed by atoms with Crippen LogP contribution in [0.5, 0.6) is 0 Å². The molecular formula is C51H29N3O. The van der Waals surface area contributed by atoms with Crippen LogP contribution in [0.3, 0.4) is 0 Å². The van der Waals surface area contributed by atoms with Crippen molar-refractivity contribution in [2.24, 2.45) is 0 Å². The SMILES string of the molecule is c1ccc(-c2nc(-n3c4ccccc4c4ccc5c(c43)Cc3c-5c4ccccc4c4c5ccccc5c5ccccc5c34)nc3c2oc2ccccc23)cc1. The maximum absolute atomic E-state index is 6.51. The van der Waals surface area contributed by atoms with Crippen molar-refractivity contribution in [3.05, 3.63) is 175 Å². The van der Waals surface area contributed by atoms with E-state index in [1.165, 1.54) is 76.1 Å². The molecule has 1 aliphatic carbocycles. The van der Waals surface area contributed by atoms with Crippen molar-refractivity contribution in [1.29, 1.82) is 0 Å². The molecule has 9 aromatic carbocycles. The van der Waals surface area contributed by atoms with Gasteiger partial charge in [-0.05, 0) is 83.5 Å². The van der Waals surface area contributed by atoms with Gasteiger partial charge in [-0.1, -0.05) is 146 Å². The van der Waals surface area contributed by atoms with Gasteiger partial charge in [0.2, 0.25) is 5.95 Å². The Hall–Kier alpha value is -7.30. The number of nitrogens with zero attached hydrogens (tertiary/aromatic N) is 3. The third-order valence-electron chi connectivity index (χ3n) is 12.0. The van der Waals surface area contributed by atoms with Crippen LogP contribution in [0.2, 0.25) is 0 Å². The molecule has 4 nitrogen and oxygen atoms in total. The van der Waals surface area contributed by atoms with Crippen molar-refractivity contribution in [3.63, 3.8) is 0 Å². The van der Waals surface area contributed by atoms with Gasteiger partial charge in [-0.15, -0.1) is 0 Å². The maximum atomic E-state index is 6.51. The average molecular weight is 700 g/mol. The van der Waals surface area contributed by atoms with Gasteiger partial charge in [0, 0.05) is 28.1 Å². The van der Waals surface area contributed by atoms with Crippen molar-refractivity contribution >= 4 is 87.0 Å². The second-order valence-electron chi connectivity index (χ2n) is 14.8. The Morgan fingerprint density at radius 1 is 0.455 bits per heavy atom. The Morgan fingerprint density at radius 3 is 1.82 bits per heavy atom.